The molecule has 6 heteroatoms. The van der Waals surface area contributed by atoms with Gasteiger partial charge in [0, 0.05) is 18.7 Å². The summed E-state index contributed by atoms with van der Waals surface area (Å²) >= 11 is 0. The predicted octanol–water partition coefficient (Wildman–Crippen LogP) is 2.76. The Morgan fingerprint density at radius 3 is 2.86 bits per heavy atom. The van der Waals surface area contributed by atoms with Crippen molar-refractivity contribution in [3.63, 3.8) is 0 Å². The normalized spacial score (nSPS) is 15.9. The summed E-state index contributed by atoms with van der Waals surface area (Å²) in [5.41, 5.74) is 0.731. The summed E-state index contributed by atoms with van der Waals surface area (Å²) in [7, 11) is 0. The predicted molar refractivity (Wildman–Crippen MR) is 74.5 cm³/mol. The Hall–Kier alpha value is -2.08. The van der Waals surface area contributed by atoms with Gasteiger partial charge in [-0.2, -0.15) is 0 Å². The summed E-state index contributed by atoms with van der Waals surface area (Å²) in [6.45, 7) is 0.523. The van der Waals surface area contributed by atoms with Gasteiger partial charge in [-0.05, 0) is 25.0 Å². The lowest BCUT2D eigenvalue weighted by atomic mass is 10.2. The van der Waals surface area contributed by atoms with Crippen molar-refractivity contribution < 1.29 is 18.8 Å². The Morgan fingerprint density at radius 2 is 2.19 bits per heavy atom. The number of rotatable bonds is 6. The number of carboxylic acids is 1. The first-order chi connectivity index (χ1) is 10.2. The molecule has 0 bridgehead atoms. The van der Waals surface area contributed by atoms with Gasteiger partial charge in [-0.1, -0.05) is 18.0 Å². The van der Waals surface area contributed by atoms with E-state index in [0.717, 1.165) is 31.4 Å². The van der Waals surface area contributed by atoms with Gasteiger partial charge < -0.3 is 14.0 Å². The number of hydrogen-bond donors (Lipinski definition) is 1. The van der Waals surface area contributed by atoms with Gasteiger partial charge in [0.25, 0.3) is 0 Å². The van der Waals surface area contributed by atoms with Gasteiger partial charge >= 0.3 is 5.97 Å². The van der Waals surface area contributed by atoms with Crippen LogP contribution in [0.3, 0.4) is 0 Å². The first-order valence-corrected chi connectivity index (χ1v) is 7.17. The minimum atomic E-state index is -0.809. The highest BCUT2D eigenvalue weighted by atomic mass is 16.5. The molecule has 0 spiro atoms. The second-order valence-corrected chi connectivity index (χ2v) is 5.40. The summed E-state index contributed by atoms with van der Waals surface area (Å²) in [5, 5.41) is 13.1. The fraction of sp³-hybridized carbons (Fsp3) is 0.467. The van der Waals surface area contributed by atoms with Crippen molar-refractivity contribution in [2.24, 2.45) is 0 Å². The van der Waals surface area contributed by atoms with Crippen LogP contribution in [0.4, 0.5) is 0 Å². The Kier molecular flexibility index (Phi) is 4.06. The van der Waals surface area contributed by atoms with E-state index in [0.29, 0.717) is 24.1 Å². The molecule has 1 aliphatic carbocycles. The van der Waals surface area contributed by atoms with Crippen LogP contribution in [0.1, 0.15) is 31.4 Å². The van der Waals surface area contributed by atoms with E-state index in [2.05, 4.69) is 5.16 Å². The van der Waals surface area contributed by atoms with Crippen molar-refractivity contribution in [3.8, 4) is 11.5 Å². The number of nitrogens with zero attached hydrogens (tertiary/aromatic N) is 2. The zero-order valence-electron chi connectivity index (χ0n) is 11.7. The molecule has 1 fully saturated rings. The van der Waals surface area contributed by atoms with Crippen molar-refractivity contribution in [1.29, 1.82) is 0 Å². The molecule has 0 radical (unpaired) electrons. The molecule has 2 heterocycles. The van der Waals surface area contributed by atoms with Gasteiger partial charge in [0.1, 0.15) is 0 Å². The third kappa shape index (κ3) is 3.33. The van der Waals surface area contributed by atoms with Crippen molar-refractivity contribution in [3.05, 3.63) is 30.2 Å². The molecule has 0 amide bonds. The molecule has 3 rings (SSSR count). The fourth-order valence-electron chi connectivity index (χ4n) is 2.89. The summed E-state index contributed by atoms with van der Waals surface area (Å²) < 4.78 is 10.5. The van der Waals surface area contributed by atoms with E-state index in [1.54, 1.807) is 18.4 Å². The van der Waals surface area contributed by atoms with Crippen LogP contribution in [0.15, 0.2) is 33.4 Å². The second kappa shape index (κ2) is 6.13. The number of carbonyl (C=O) groups is 1. The Morgan fingerprint density at radius 1 is 1.38 bits per heavy atom. The lowest BCUT2D eigenvalue weighted by molar-refractivity contribution is -0.139. The Labute approximate surface area is 122 Å². The van der Waals surface area contributed by atoms with Crippen LogP contribution in [0.2, 0.25) is 0 Å². The average molecular weight is 290 g/mol. The molecule has 6 nitrogen and oxygen atoms in total. The standard InChI is InChI=1S/C15H18N2O4/c18-15(19)10-17(12-4-1-2-5-12)9-11-8-14(21-16-11)13-6-3-7-20-13/h3,6-8,12H,1-2,4-5,9-10H2,(H,18,19). The highest BCUT2D eigenvalue weighted by Crippen LogP contribution is 2.26. The molecule has 1 aliphatic rings. The van der Waals surface area contributed by atoms with Gasteiger partial charge in [0.15, 0.2) is 5.76 Å². The smallest absolute Gasteiger partial charge is 0.317 e. The molecular formula is C15H18N2O4. The molecule has 21 heavy (non-hydrogen) atoms. The maximum atomic E-state index is 11.0. The zero-order chi connectivity index (χ0) is 14.7. The van der Waals surface area contributed by atoms with Gasteiger partial charge in [-0.15, -0.1) is 0 Å². The molecular weight excluding hydrogens is 272 g/mol. The Bertz CT molecular complexity index is 585. The first-order valence-electron chi connectivity index (χ1n) is 7.17. The van der Waals surface area contributed by atoms with Gasteiger partial charge in [-0.3, -0.25) is 9.69 Å². The number of aromatic nitrogens is 1. The van der Waals surface area contributed by atoms with E-state index in [9.17, 15) is 4.79 Å². The molecule has 1 saturated carbocycles. The van der Waals surface area contributed by atoms with Crippen molar-refractivity contribution >= 4 is 5.97 Å². The lowest BCUT2D eigenvalue weighted by Crippen LogP contribution is -2.37. The van der Waals surface area contributed by atoms with Gasteiger partial charge in [0.2, 0.25) is 5.76 Å². The molecule has 0 atom stereocenters. The van der Waals surface area contributed by atoms with Crippen LogP contribution < -0.4 is 0 Å². The molecule has 112 valence electrons. The van der Waals surface area contributed by atoms with Crippen LogP contribution in [-0.2, 0) is 11.3 Å². The van der Waals surface area contributed by atoms with Crippen molar-refractivity contribution in [2.45, 2.75) is 38.3 Å². The monoisotopic (exact) mass is 290 g/mol. The highest BCUT2D eigenvalue weighted by Gasteiger charge is 2.25. The third-order valence-electron chi connectivity index (χ3n) is 3.87. The van der Waals surface area contributed by atoms with E-state index in [-0.39, 0.29) is 6.54 Å². The van der Waals surface area contributed by atoms with Crippen molar-refractivity contribution in [1.82, 2.24) is 10.1 Å². The molecule has 0 aromatic carbocycles. The van der Waals surface area contributed by atoms with Crippen LogP contribution >= 0.6 is 0 Å². The maximum absolute atomic E-state index is 11.0. The topological polar surface area (TPSA) is 79.7 Å². The summed E-state index contributed by atoms with van der Waals surface area (Å²) in [4.78, 5) is 13.0. The molecule has 2 aromatic heterocycles. The lowest BCUT2D eigenvalue weighted by Gasteiger charge is -2.25. The molecule has 1 N–H and O–H groups in total. The number of hydrogen-bond acceptors (Lipinski definition) is 5. The average Bonchev–Trinajstić information content (AvgIpc) is 3.20. The van der Waals surface area contributed by atoms with E-state index >= 15 is 0 Å². The quantitative estimate of drug-likeness (QED) is 0.881. The van der Waals surface area contributed by atoms with E-state index < -0.39 is 5.97 Å². The number of furan rings is 1. The van der Waals surface area contributed by atoms with Crippen LogP contribution in [0.5, 0.6) is 0 Å². The van der Waals surface area contributed by atoms with Gasteiger partial charge in [0.05, 0.1) is 18.5 Å². The first kappa shape index (κ1) is 13.9. The number of carboxylic acid groups (broad SMARTS) is 1. The SMILES string of the molecule is O=C(O)CN(Cc1cc(-c2ccco2)on1)C1CCCC1. The minimum absolute atomic E-state index is 0.0353. The summed E-state index contributed by atoms with van der Waals surface area (Å²) in [6, 6.07) is 5.72. The maximum Gasteiger partial charge on any atom is 0.317 e. The fourth-order valence-corrected chi connectivity index (χ4v) is 2.89. The van der Waals surface area contributed by atoms with Crippen LogP contribution in [-0.4, -0.2) is 33.7 Å². The van der Waals surface area contributed by atoms with E-state index in [1.165, 1.54) is 0 Å². The van der Waals surface area contributed by atoms with E-state index in [1.807, 2.05) is 11.0 Å². The summed E-state index contributed by atoms with van der Waals surface area (Å²) in [6.07, 6.45) is 6.01. The zero-order valence-corrected chi connectivity index (χ0v) is 11.7. The molecule has 2 aromatic rings. The largest absolute Gasteiger partial charge is 0.480 e. The third-order valence-corrected chi connectivity index (χ3v) is 3.87. The molecule has 0 aliphatic heterocycles. The van der Waals surface area contributed by atoms with Crippen LogP contribution in [0, 0.1) is 0 Å². The number of aliphatic carboxylic acids is 1. The minimum Gasteiger partial charge on any atom is -0.480 e. The Balaban J connectivity index is 1.71. The van der Waals surface area contributed by atoms with E-state index in [4.69, 9.17) is 14.0 Å². The second-order valence-electron chi connectivity index (χ2n) is 5.40. The highest BCUT2D eigenvalue weighted by molar-refractivity contribution is 5.69. The molecule has 0 unspecified atom stereocenters. The van der Waals surface area contributed by atoms with Crippen molar-refractivity contribution in [2.75, 3.05) is 6.54 Å². The van der Waals surface area contributed by atoms with Crippen LogP contribution in [0.25, 0.3) is 11.5 Å². The summed E-state index contributed by atoms with van der Waals surface area (Å²) in [5.74, 6) is 0.382. The molecule has 0 saturated heterocycles. The van der Waals surface area contributed by atoms with Gasteiger partial charge in [-0.25, -0.2) is 0 Å².